The molecule has 2 rings (SSSR count). The maximum atomic E-state index is 11.4. The van der Waals surface area contributed by atoms with Gasteiger partial charge in [-0.3, -0.25) is 4.79 Å². The van der Waals surface area contributed by atoms with Gasteiger partial charge in [0.15, 0.2) is 0 Å². The van der Waals surface area contributed by atoms with Crippen LogP contribution in [0, 0.1) is 5.41 Å². The minimum Gasteiger partial charge on any atom is -0.300 e. The monoisotopic (exact) mass is 183 g/mol. The summed E-state index contributed by atoms with van der Waals surface area (Å²) in [5, 5.41) is 10.7. The maximum Gasteiger partial charge on any atom is 0.232 e. The highest BCUT2D eigenvalue weighted by molar-refractivity contribution is 7.13. The fraction of sp³-hybridized carbons (Fsp3) is 0.571. The van der Waals surface area contributed by atoms with Gasteiger partial charge in [-0.2, -0.15) is 0 Å². The van der Waals surface area contributed by atoms with Crippen molar-refractivity contribution in [1.29, 1.82) is 0 Å². The van der Waals surface area contributed by atoms with Gasteiger partial charge in [-0.1, -0.05) is 18.3 Å². The van der Waals surface area contributed by atoms with Gasteiger partial charge >= 0.3 is 0 Å². The van der Waals surface area contributed by atoms with Crippen LogP contribution in [0.3, 0.4) is 0 Å². The van der Waals surface area contributed by atoms with E-state index < -0.39 is 0 Å². The molecular formula is C7H9N3OS. The summed E-state index contributed by atoms with van der Waals surface area (Å²) in [5.41, 5.74) is 1.47. The van der Waals surface area contributed by atoms with Crippen LogP contribution in [0.2, 0.25) is 0 Å². The van der Waals surface area contributed by atoms with E-state index in [4.69, 9.17) is 0 Å². The summed E-state index contributed by atoms with van der Waals surface area (Å²) in [5.74, 6) is 0.0688. The molecule has 5 heteroatoms. The minimum atomic E-state index is -0.133. The summed E-state index contributed by atoms with van der Waals surface area (Å²) < 4.78 is 0. The molecule has 0 saturated heterocycles. The van der Waals surface area contributed by atoms with Crippen LogP contribution in [0.15, 0.2) is 5.51 Å². The van der Waals surface area contributed by atoms with Crippen molar-refractivity contribution in [2.24, 2.45) is 5.41 Å². The Morgan fingerprint density at radius 3 is 3.00 bits per heavy atom. The van der Waals surface area contributed by atoms with E-state index in [2.05, 4.69) is 15.5 Å². The number of aromatic nitrogens is 2. The van der Waals surface area contributed by atoms with Crippen LogP contribution in [-0.2, 0) is 4.79 Å². The van der Waals surface area contributed by atoms with Gasteiger partial charge in [-0.25, -0.2) is 0 Å². The summed E-state index contributed by atoms with van der Waals surface area (Å²) in [7, 11) is 0. The lowest BCUT2D eigenvalue weighted by molar-refractivity contribution is -0.120. The van der Waals surface area contributed by atoms with E-state index in [9.17, 15) is 4.79 Å². The Morgan fingerprint density at radius 1 is 1.75 bits per heavy atom. The van der Waals surface area contributed by atoms with E-state index in [1.54, 1.807) is 5.51 Å². The highest BCUT2D eigenvalue weighted by atomic mass is 32.1. The molecule has 0 bridgehead atoms. The highest BCUT2D eigenvalue weighted by Crippen LogP contribution is 2.45. The lowest BCUT2D eigenvalue weighted by Gasteiger charge is -2.05. The first kappa shape index (κ1) is 7.67. The molecule has 1 heterocycles. The largest absolute Gasteiger partial charge is 0.300 e. The zero-order valence-corrected chi connectivity index (χ0v) is 7.52. The van der Waals surface area contributed by atoms with Crippen LogP contribution in [-0.4, -0.2) is 16.1 Å². The number of anilines is 1. The molecule has 1 N–H and O–H groups in total. The summed E-state index contributed by atoms with van der Waals surface area (Å²) in [6.07, 6.45) is 1.97. The predicted octanol–water partition coefficient (Wildman–Crippen LogP) is 1.28. The second kappa shape index (κ2) is 2.52. The molecule has 1 aliphatic rings. The Labute approximate surface area is 74.0 Å². The second-order valence-corrected chi connectivity index (χ2v) is 4.09. The first-order valence-electron chi connectivity index (χ1n) is 3.78. The molecule has 12 heavy (non-hydrogen) atoms. The van der Waals surface area contributed by atoms with Crippen LogP contribution < -0.4 is 5.32 Å². The van der Waals surface area contributed by atoms with Gasteiger partial charge in [0.1, 0.15) is 5.51 Å². The lowest BCUT2D eigenvalue weighted by atomic mass is 10.1. The molecule has 1 fully saturated rings. The highest BCUT2D eigenvalue weighted by Gasteiger charge is 2.45. The third-order valence-corrected chi connectivity index (χ3v) is 2.74. The normalized spacial score (nSPS) is 18.8. The fourth-order valence-corrected chi connectivity index (χ4v) is 1.33. The van der Waals surface area contributed by atoms with Gasteiger partial charge in [0, 0.05) is 5.41 Å². The molecule has 64 valence electrons. The summed E-state index contributed by atoms with van der Waals surface area (Å²) >= 11 is 1.34. The van der Waals surface area contributed by atoms with E-state index in [0.717, 1.165) is 12.8 Å². The quantitative estimate of drug-likeness (QED) is 0.751. The first-order chi connectivity index (χ1) is 5.71. The second-order valence-electron chi connectivity index (χ2n) is 3.26. The fourth-order valence-electron chi connectivity index (χ4n) is 0.890. The Morgan fingerprint density at radius 2 is 2.50 bits per heavy atom. The van der Waals surface area contributed by atoms with Crippen LogP contribution >= 0.6 is 11.3 Å². The number of carbonyl (C=O) groups is 1. The van der Waals surface area contributed by atoms with Crippen molar-refractivity contribution < 1.29 is 4.79 Å². The third kappa shape index (κ3) is 1.32. The molecule has 1 aromatic heterocycles. The predicted molar refractivity (Wildman–Crippen MR) is 45.9 cm³/mol. The zero-order valence-electron chi connectivity index (χ0n) is 6.70. The van der Waals surface area contributed by atoms with E-state index >= 15 is 0 Å². The molecule has 0 radical (unpaired) electrons. The standard InChI is InChI=1S/C7H9N3OS/c1-7(2-3-7)5(11)9-6-10-8-4-12-6/h4H,2-3H2,1H3,(H,9,10,11). The smallest absolute Gasteiger partial charge is 0.232 e. The number of carbonyl (C=O) groups excluding carboxylic acids is 1. The molecule has 0 atom stereocenters. The number of amides is 1. The van der Waals surface area contributed by atoms with Gasteiger partial charge in [0.25, 0.3) is 0 Å². The Kier molecular flexibility index (Phi) is 1.61. The third-order valence-electron chi connectivity index (χ3n) is 2.13. The molecule has 0 aromatic carbocycles. The van der Waals surface area contributed by atoms with E-state index in [0.29, 0.717) is 5.13 Å². The van der Waals surface area contributed by atoms with Crippen LogP contribution in [0.4, 0.5) is 5.13 Å². The molecule has 0 aliphatic heterocycles. The lowest BCUT2D eigenvalue weighted by Crippen LogP contribution is -2.21. The topological polar surface area (TPSA) is 54.9 Å². The zero-order chi connectivity index (χ0) is 8.60. The van der Waals surface area contributed by atoms with E-state index in [-0.39, 0.29) is 11.3 Å². The molecule has 1 amide bonds. The van der Waals surface area contributed by atoms with Crippen molar-refractivity contribution in [3.8, 4) is 0 Å². The van der Waals surface area contributed by atoms with E-state index in [1.165, 1.54) is 11.3 Å². The van der Waals surface area contributed by atoms with Gasteiger partial charge in [0.05, 0.1) is 0 Å². The molecule has 1 aliphatic carbocycles. The number of hydrogen-bond donors (Lipinski definition) is 1. The molecule has 1 saturated carbocycles. The average molecular weight is 183 g/mol. The van der Waals surface area contributed by atoms with Gasteiger partial charge in [-0.15, -0.1) is 10.2 Å². The van der Waals surface area contributed by atoms with Crippen LogP contribution in [0.1, 0.15) is 19.8 Å². The van der Waals surface area contributed by atoms with Gasteiger partial charge < -0.3 is 5.32 Å². The minimum absolute atomic E-state index is 0.0688. The number of nitrogens with zero attached hydrogens (tertiary/aromatic N) is 2. The molecule has 1 aromatic rings. The van der Waals surface area contributed by atoms with Crippen molar-refractivity contribution in [2.45, 2.75) is 19.8 Å². The maximum absolute atomic E-state index is 11.4. The molecule has 0 spiro atoms. The Balaban J connectivity index is 2.00. The van der Waals surface area contributed by atoms with Gasteiger partial charge in [0.2, 0.25) is 11.0 Å². The summed E-state index contributed by atoms with van der Waals surface area (Å²) in [6, 6.07) is 0. The Bertz CT molecular complexity index is 292. The first-order valence-corrected chi connectivity index (χ1v) is 4.66. The summed E-state index contributed by atoms with van der Waals surface area (Å²) in [6.45, 7) is 1.96. The number of nitrogens with one attached hydrogen (secondary N) is 1. The summed E-state index contributed by atoms with van der Waals surface area (Å²) in [4.78, 5) is 11.4. The van der Waals surface area contributed by atoms with Crippen molar-refractivity contribution in [1.82, 2.24) is 10.2 Å². The number of hydrogen-bond acceptors (Lipinski definition) is 4. The van der Waals surface area contributed by atoms with Crippen molar-refractivity contribution in [3.63, 3.8) is 0 Å². The van der Waals surface area contributed by atoms with E-state index in [1.807, 2.05) is 6.92 Å². The van der Waals surface area contributed by atoms with Gasteiger partial charge in [-0.05, 0) is 12.8 Å². The Hall–Kier alpha value is -0.970. The SMILES string of the molecule is CC1(C(=O)Nc2nncs2)CC1. The number of rotatable bonds is 2. The molecule has 4 nitrogen and oxygen atoms in total. The van der Waals surface area contributed by atoms with Crippen LogP contribution in [0.5, 0.6) is 0 Å². The molecular weight excluding hydrogens is 174 g/mol. The van der Waals surface area contributed by atoms with Crippen molar-refractivity contribution in [3.05, 3.63) is 5.51 Å². The molecule has 0 unspecified atom stereocenters. The average Bonchev–Trinajstić information content (AvgIpc) is 2.63. The van der Waals surface area contributed by atoms with Crippen molar-refractivity contribution >= 4 is 22.4 Å². The van der Waals surface area contributed by atoms with Crippen molar-refractivity contribution in [2.75, 3.05) is 5.32 Å². The van der Waals surface area contributed by atoms with Crippen LogP contribution in [0.25, 0.3) is 0 Å².